The molecule has 0 aliphatic heterocycles. The summed E-state index contributed by atoms with van der Waals surface area (Å²) in [5, 5.41) is 7.17. The highest BCUT2D eigenvalue weighted by atomic mass is 16.3. The Balaban J connectivity index is 1.23. The van der Waals surface area contributed by atoms with Gasteiger partial charge in [0.1, 0.15) is 11.2 Å². The van der Waals surface area contributed by atoms with Crippen LogP contribution in [0.25, 0.3) is 54.6 Å². The number of benzene rings is 7. The van der Waals surface area contributed by atoms with Gasteiger partial charge in [-0.1, -0.05) is 91.0 Å². The molecule has 0 radical (unpaired) electrons. The molecule has 0 aliphatic carbocycles. The van der Waals surface area contributed by atoms with E-state index in [2.05, 4.69) is 144 Å². The first kappa shape index (κ1) is 22.6. The molecule has 8 rings (SSSR count). The van der Waals surface area contributed by atoms with E-state index in [4.69, 9.17) is 4.42 Å². The minimum atomic E-state index is 0.914. The van der Waals surface area contributed by atoms with Crippen LogP contribution in [0.4, 0.5) is 17.1 Å². The lowest BCUT2D eigenvalue weighted by atomic mass is 10.0. The molecule has 1 aromatic heterocycles. The molecule has 2 heteroatoms. The summed E-state index contributed by atoms with van der Waals surface area (Å²) in [5.74, 6) is 0. The Bertz CT molecular complexity index is 2160. The van der Waals surface area contributed by atoms with Gasteiger partial charge >= 0.3 is 0 Å². The average molecular weight is 512 g/mol. The van der Waals surface area contributed by atoms with Gasteiger partial charge in [0.2, 0.25) is 0 Å². The molecular weight excluding hydrogens is 486 g/mol. The summed E-state index contributed by atoms with van der Waals surface area (Å²) < 4.78 is 6.20. The predicted octanol–water partition coefficient (Wildman–Crippen LogP) is 11.0. The minimum absolute atomic E-state index is 0.914. The molecule has 0 saturated heterocycles. The van der Waals surface area contributed by atoms with Crippen LogP contribution in [0.3, 0.4) is 0 Å². The van der Waals surface area contributed by atoms with Crippen LogP contribution in [-0.4, -0.2) is 0 Å². The Morgan fingerprint density at radius 3 is 1.88 bits per heavy atom. The number of para-hydroxylation sites is 2. The molecule has 2 nitrogen and oxygen atoms in total. The van der Waals surface area contributed by atoms with Gasteiger partial charge < -0.3 is 9.32 Å². The smallest absolute Gasteiger partial charge is 0.136 e. The largest absolute Gasteiger partial charge is 0.456 e. The zero-order chi connectivity index (χ0) is 26.5. The summed E-state index contributed by atoms with van der Waals surface area (Å²) in [7, 11) is 0. The number of hydrogen-bond donors (Lipinski definition) is 0. The van der Waals surface area contributed by atoms with Gasteiger partial charge in [-0.15, -0.1) is 0 Å². The number of nitrogens with zero attached hydrogens (tertiary/aromatic N) is 1. The van der Waals surface area contributed by atoms with E-state index < -0.39 is 0 Å². The zero-order valence-corrected chi connectivity index (χ0v) is 21.8. The Kier molecular flexibility index (Phi) is 5.17. The lowest BCUT2D eigenvalue weighted by molar-refractivity contribution is 0.669. The van der Waals surface area contributed by atoms with Crippen LogP contribution in [0, 0.1) is 0 Å². The van der Waals surface area contributed by atoms with Crippen LogP contribution >= 0.6 is 0 Å². The standard InChI is InChI=1S/C38H25NO/c1-2-10-32(11-3-1)39(33-19-16-27(17-20-33)29-15-14-26-8-4-5-9-28(26)22-29)34-21-18-30-24-36-35-12-6-7-13-37(35)40-38(36)25-31(30)23-34/h1-25H. The predicted molar refractivity (Wildman–Crippen MR) is 169 cm³/mol. The summed E-state index contributed by atoms with van der Waals surface area (Å²) in [5.41, 5.74) is 7.59. The third-order valence-corrected chi connectivity index (χ3v) is 7.80. The van der Waals surface area contributed by atoms with Crippen LogP contribution < -0.4 is 4.90 Å². The lowest BCUT2D eigenvalue weighted by Gasteiger charge is -2.26. The van der Waals surface area contributed by atoms with Crippen LogP contribution in [0.15, 0.2) is 156 Å². The molecule has 8 aromatic rings. The first-order chi connectivity index (χ1) is 19.8. The van der Waals surface area contributed by atoms with E-state index in [1.165, 1.54) is 27.3 Å². The van der Waals surface area contributed by atoms with Crippen molar-refractivity contribution >= 4 is 60.5 Å². The molecule has 0 amide bonds. The molecule has 0 fully saturated rings. The number of anilines is 3. The van der Waals surface area contributed by atoms with Crippen molar-refractivity contribution in [1.82, 2.24) is 0 Å². The van der Waals surface area contributed by atoms with E-state index in [9.17, 15) is 0 Å². The summed E-state index contributed by atoms with van der Waals surface area (Å²) in [6.07, 6.45) is 0. The maximum atomic E-state index is 6.20. The van der Waals surface area contributed by atoms with E-state index in [-0.39, 0.29) is 0 Å². The van der Waals surface area contributed by atoms with Gasteiger partial charge in [0, 0.05) is 27.8 Å². The number of fused-ring (bicyclic) bond motifs is 5. The van der Waals surface area contributed by atoms with Gasteiger partial charge in [-0.3, -0.25) is 0 Å². The Hall–Kier alpha value is -5.34. The van der Waals surface area contributed by atoms with Crippen LogP contribution in [0.5, 0.6) is 0 Å². The van der Waals surface area contributed by atoms with Crippen molar-refractivity contribution < 1.29 is 4.42 Å². The Morgan fingerprint density at radius 1 is 0.350 bits per heavy atom. The summed E-state index contributed by atoms with van der Waals surface area (Å²) in [6, 6.07) is 53.9. The van der Waals surface area contributed by atoms with Gasteiger partial charge in [-0.05, 0) is 93.3 Å². The van der Waals surface area contributed by atoms with Crippen molar-refractivity contribution in [3.8, 4) is 11.1 Å². The zero-order valence-electron chi connectivity index (χ0n) is 21.8. The molecule has 188 valence electrons. The van der Waals surface area contributed by atoms with Crippen molar-refractivity contribution in [2.75, 3.05) is 4.90 Å². The van der Waals surface area contributed by atoms with Gasteiger partial charge in [0.05, 0.1) is 0 Å². The first-order valence-corrected chi connectivity index (χ1v) is 13.6. The monoisotopic (exact) mass is 511 g/mol. The van der Waals surface area contributed by atoms with Gasteiger partial charge in [-0.25, -0.2) is 0 Å². The summed E-state index contributed by atoms with van der Waals surface area (Å²) in [4.78, 5) is 2.31. The average Bonchev–Trinajstić information content (AvgIpc) is 3.38. The molecule has 0 spiro atoms. The van der Waals surface area contributed by atoms with Gasteiger partial charge in [0.15, 0.2) is 0 Å². The molecule has 0 unspecified atom stereocenters. The van der Waals surface area contributed by atoms with E-state index in [1.807, 2.05) is 12.1 Å². The Morgan fingerprint density at radius 2 is 1.00 bits per heavy atom. The molecule has 0 bridgehead atoms. The third-order valence-electron chi connectivity index (χ3n) is 7.80. The summed E-state index contributed by atoms with van der Waals surface area (Å²) >= 11 is 0. The van der Waals surface area contributed by atoms with E-state index in [0.29, 0.717) is 0 Å². The second kappa shape index (κ2) is 9.14. The highest BCUT2D eigenvalue weighted by Crippen LogP contribution is 2.39. The molecule has 7 aromatic carbocycles. The fraction of sp³-hybridized carbons (Fsp3) is 0. The second-order valence-electron chi connectivity index (χ2n) is 10.3. The van der Waals surface area contributed by atoms with Crippen molar-refractivity contribution in [1.29, 1.82) is 0 Å². The van der Waals surface area contributed by atoms with Gasteiger partial charge in [0.25, 0.3) is 0 Å². The molecule has 0 aliphatic rings. The minimum Gasteiger partial charge on any atom is -0.456 e. The molecule has 0 atom stereocenters. The van der Waals surface area contributed by atoms with E-state index >= 15 is 0 Å². The van der Waals surface area contributed by atoms with Crippen LogP contribution in [-0.2, 0) is 0 Å². The maximum Gasteiger partial charge on any atom is 0.136 e. The Labute approximate surface area is 232 Å². The van der Waals surface area contributed by atoms with Gasteiger partial charge in [-0.2, -0.15) is 0 Å². The lowest BCUT2D eigenvalue weighted by Crippen LogP contribution is -2.09. The number of furan rings is 1. The highest BCUT2D eigenvalue weighted by Gasteiger charge is 2.15. The van der Waals surface area contributed by atoms with Crippen LogP contribution in [0.2, 0.25) is 0 Å². The molecule has 0 saturated carbocycles. The molecule has 1 heterocycles. The topological polar surface area (TPSA) is 16.4 Å². The van der Waals surface area contributed by atoms with Crippen molar-refractivity contribution in [3.63, 3.8) is 0 Å². The SMILES string of the molecule is c1ccc(N(c2ccc(-c3ccc4ccccc4c3)cc2)c2ccc3cc4c(cc3c2)oc2ccccc24)cc1. The summed E-state index contributed by atoms with van der Waals surface area (Å²) in [6.45, 7) is 0. The maximum absolute atomic E-state index is 6.20. The molecular formula is C38H25NO. The van der Waals surface area contributed by atoms with Crippen molar-refractivity contribution in [3.05, 3.63) is 152 Å². The highest BCUT2D eigenvalue weighted by molar-refractivity contribution is 6.10. The number of hydrogen-bond acceptors (Lipinski definition) is 2. The van der Waals surface area contributed by atoms with E-state index in [0.717, 1.165) is 44.4 Å². The quantitative estimate of drug-likeness (QED) is 0.234. The fourth-order valence-corrected chi connectivity index (χ4v) is 5.79. The number of rotatable bonds is 4. The van der Waals surface area contributed by atoms with Crippen molar-refractivity contribution in [2.24, 2.45) is 0 Å². The third kappa shape index (κ3) is 3.81. The van der Waals surface area contributed by atoms with E-state index in [1.54, 1.807) is 0 Å². The molecule has 0 N–H and O–H groups in total. The second-order valence-corrected chi connectivity index (χ2v) is 10.3. The fourth-order valence-electron chi connectivity index (χ4n) is 5.79. The van der Waals surface area contributed by atoms with Crippen LogP contribution in [0.1, 0.15) is 0 Å². The first-order valence-electron chi connectivity index (χ1n) is 13.6. The molecule has 40 heavy (non-hydrogen) atoms. The normalized spacial score (nSPS) is 11.5. The van der Waals surface area contributed by atoms with Crippen molar-refractivity contribution in [2.45, 2.75) is 0 Å².